The number of hydrogen-bond donors (Lipinski definition) is 0. The van der Waals surface area contributed by atoms with Crippen molar-refractivity contribution in [3.05, 3.63) is 180 Å². The van der Waals surface area contributed by atoms with Crippen molar-refractivity contribution in [1.82, 2.24) is 19.2 Å². The van der Waals surface area contributed by atoms with Gasteiger partial charge in [-0.1, -0.05) is 201 Å². The van der Waals surface area contributed by atoms with Crippen LogP contribution in [0.5, 0.6) is 11.5 Å². The number of rotatable bonds is 7. The second-order valence-corrected chi connectivity index (χ2v) is 24.1. The van der Waals surface area contributed by atoms with E-state index in [-0.39, 0.29) is 27.1 Å². The van der Waals surface area contributed by atoms with Gasteiger partial charge in [-0.15, -0.1) is 5.10 Å². The van der Waals surface area contributed by atoms with Crippen LogP contribution >= 0.6 is 0 Å². The summed E-state index contributed by atoms with van der Waals surface area (Å²) in [5.41, 5.74) is 13.1. The van der Waals surface area contributed by atoms with Gasteiger partial charge in [-0.2, -0.15) is 4.68 Å². The van der Waals surface area contributed by atoms with Crippen LogP contribution in [0.15, 0.2) is 146 Å². The molecule has 0 amide bonds. The molecule has 3 aromatic heterocycles. The maximum absolute atomic E-state index is 7.06. The molecule has 69 heavy (non-hydrogen) atoms. The number of nitrogens with zero attached hydrogens (tertiary/aromatic N) is 5. The van der Waals surface area contributed by atoms with E-state index in [2.05, 4.69) is 253 Å². The lowest BCUT2D eigenvalue weighted by molar-refractivity contribution is -0.660. The zero-order valence-electron chi connectivity index (χ0n) is 43.5. The first kappa shape index (κ1) is 47.3. The van der Waals surface area contributed by atoms with Gasteiger partial charge >= 0.3 is 0 Å². The Morgan fingerprint density at radius 2 is 1.06 bits per heavy atom. The Morgan fingerprint density at radius 1 is 0.478 bits per heavy atom. The first-order chi connectivity index (χ1) is 32.3. The van der Waals surface area contributed by atoms with E-state index in [4.69, 9.17) is 14.8 Å². The maximum atomic E-state index is 7.06. The lowest BCUT2D eigenvalue weighted by Gasteiger charge is -2.26. The molecular weight excluding hydrogens is 843 g/mol. The monoisotopic (exact) mass is 912 g/mol. The van der Waals surface area contributed by atoms with Crippen molar-refractivity contribution in [3.8, 4) is 51.2 Å². The van der Waals surface area contributed by atoms with Crippen LogP contribution in [0.25, 0.3) is 61.5 Å². The van der Waals surface area contributed by atoms with Gasteiger partial charge in [0, 0.05) is 28.6 Å². The number of aromatic nitrogens is 5. The van der Waals surface area contributed by atoms with Gasteiger partial charge in [0.2, 0.25) is 0 Å². The van der Waals surface area contributed by atoms with Crippen LogP contribution in [0.4, 0.5) is 0 Å². The van der Waals surface area contributed by atoms with Gasteiger partial charge in [-0.25, -0.2) is 4.98 Å². The Hall–Kier alpha value is -6.79. The highest BCUT2D eigenvalue weighted by atomic mass is 16.5. The SMILES string of the molecule is CC(C)(C)c1cc(-c2n[n+](-c3cc(C(C)(C)C)cc(C(C)(C)C)c3)[c-]n2-c2cccc(Oc3cc(-c4ccccc4)c4c5ccccc5n(-c5cc(C(C)(C)C)ccn5)c4c3)c2)cc(C(C)(C)C)c1. The van der Waals surface area contributed by atoms with Crippen molar-refractivity contribution in [2.45, 2.75) is 131 Å². The zero-order valence-corrected chi connectivity index (χ0v) is 43.5. The fourth-order valence-electron chi connectivity index (χ4n) is 9.06. The van der Waals surface area contributed by atoms with Gasteiger partial charge in [0.15, 0.2) is 5.82 Å². The van der Waals surface area contributed by atoms with E-state index in [1.807, 2.05) is 16.9 Å². The molecule has 9 rings (SSSR count). The lowest BCUT2D eigenvalue weighted by Crippen LogP contribution is -2.34. The van der Waals surface area contributed by atoms with Crippen LogP contribution in [0, 0.1) is 6.33 Å². The summed E-state index contributed by atoms with van der Waals surface area (Å²) in [5, 5.41) is 7.78. The average molecular weight is 912 g/mol. The Labute approximate surface area is 410 Å². The van der Waals surface area contributed by atoms with E-state index in [1.54, 1.807) is 0 Å². The third-order valence-corrected chi connectivity index (χ3v) is 13.4. The van der Waals surface area contributed by atoms with E-state index < -0.39 is 0 Å². The molecular formula is C63H69N5O. The predicted octanol–water partition coefficient (Wildman–Crippen LogP) is 16.1. The molecule has 0 aliphatic carbocycles. The van der Waals surface area contributed by atoms with Crippen LogP contribution in [-0.4, -0.2) is 19.2 Å². The van der Waals surface area contributed by atoms with Gasteiger partial charge < -0.3 is 4.74 Å². The molecule has 9 aromatic rings. The van der Waals surface area contributed by atoms with Gasteiger partial charge in [0.05, 0.1) is 22.4 Å². The molecule has 0 radical (unpaired) electrons. The normalized spacial score (nSPS) is 12.9. The number of para-hydroxylation sites is 1. The van der Waals surface area contributed by atoms with E-state index >= 15 is 0 Å². The van der Waals surface area contributed by atoms with Gasteiger partial charge in [0.25, 0.3) is 6.33 Å². The molecule has 6 heteroatoms. The summed E-state index contributed by atoms with van der Waals surface area (Å²) >= 11 is 0. The van der Waals surface area contributed by atoms with E-state index in [0.29, 0.717) is 5.75 Å². The van der Waals surface area contributed by atoms with Crippen LogP contribution in [0.2, 0.25) is 0 Å². The molecule has 0 N–H and O–H groups in total. The van der Waals surface area contributed by atoms with Crippen LogP contribution < -0.4 is 9.42 Å². The van der Waals surface area contributed by atoms with Gasteiger partial charge in [-0.3, -0.25) is 9.13 Å². The van der Waals surface area contributed by atoms with E-state index in [1.165, 1.54) is 27.8 Å². The number of fused-ring (bicyclic) bond motifs is 3. The molecule has 352 valence electrons. The van der Waals surface area contributed by atoms with Crippen LogP contribution in [-0.2, 0) is 27.1 Å². The minimum absolute atomic E-state index is 0.0488. The Bertz CT molecular complexity index is 3300. The smallest absolute Gasteiger partial charge is 0.273 e. The van der Waals surface area contributed by atoms with Crippen molar-refractivity contribution in [1.29, 1.82) is 0 Å². The first-order valence-electron chi connectivity index (χ1n) is 24.5. The second kappa shape index (κ2) is 17.0. The number of ether oxygens (including phenoxy) is 1. The predicted molar refractivity (Wildman–Crippen MR) is 287 cm³/mol. The van der Waals surface area contributed by atoms with Crippen molar-refractivity contribution >= 4 is 21.8 Å². The quantitative estimate of drug-likeness (QED) is 0.118. The number of hydrogen-bond acceptors (Lipinski definition) is 3. The summed E-state index contributed by atoms with van der Waals surface area (Å²) < 4.78 is 13.4. The average Bonchev–Trinajstić information content (AvgIpc) is 3.88. The second-order valence-electron chi connectivity index (χ2n) is 24.1. The molecule has 0 fully saturated rings. The summed E-state index contributed by atoms with van der Waals surface area (Å²) in [6.45, 7) is 34.1. The largest absolute Gasteiger partial charge is 0.458 e. The lowest BCUT2D eigenvalue weighted by atomic mass is 9.79. The molecule has 6 aromatic carbocycles. The molecule has 6 nitrogen and oxygen atoms in total. The molecule has 0 saturated heterocycles. The summed E-state index contributed by atoms with van der Waals surface area (Å²) in [4.78, 5) is 4.99. The Morgan fingerprint density at radius 3 is 1.67 bits per heavy atom. The fraction of sp³-hybridized carbons (Fsp3) is 0.317. The number of pyridine rings is 1. The van der Waals surface area contributed by atoms with Crippen molar-refractivity contribution in [2.24, 2.45) is 0 Å². The van der Waals surface area contributed by atoms with Crippen molar-refractivity contribution < 1.29 is 9.42 Å². The molecule has 0 aliphatic rings. The van der Waals surface area contributed by atoms with E-state index in [0.717, 1.165) is 67.3 Å². The van der Waals surface area contributed by atoms with E-state index in [9.17, 15) is 0 Å². The summed E-state index contributed by atoms with van der Waals surface area (Å²) in [6.07, 6.45) is 5.67. The first-order valence-corrected chi connectivity index (χ1v) is 24.5. The topological polar surface area (TPSA) is 48.8 Å². The number of benzene rings is 6. The highest BCUT2D eigenvalue weighted by molar-refractivity contribution is 6.16. The third kappa shape index (κ3) is 9.51. The highest BCUT2D eigenvalue weighted by Crippen LogP contribution is 2.43. The molecule has 0 saturated carbocycles. The Kier molecular flexibility index (Phi) is 11.7. The molecule has 0 bridgehead atoms. The van der Waals surface area contributed by atoms with Gasteiger partial charge in [0.1, 0.15) is 17.3 Å². The summed E-state index contributed by atoms with van der Waals surface area (Å²) in [6, 6.07) is 50.1. The summed E-state index contributed by atoms with van der Waals surface area (Å²) in [5.74, 6) is 3.09. The minimum Gasteiger partial charge on any atom is -0.458 e. The molecule has 0 aliphatic heterocycles. The molecule has 0 spiro atoms. The van der Waals surface area contributed by atoms with Crippen LogP contribution in [0.3, 0.4) is 0 Å². The highest BCUT2D eigenvalue weighted by Gasteiger charge is 2.27. The molecule has 0 unspecified atom stereocenters. The van der Waals surface area contributed by atoms with Crippen molar-refractivity contribution in [2.75, 3.05) is 0 Å². The standard InChI is InChI=1S/C63H69N5O/c1-59(2,3)43-28-29-64-56(36-43)68-54-27-20-19-26-52(54)57-53(41-22-17-16-18-23-41)38-51(39-55(57)68)69-50-25-21-24-48(37-50)66-40-67(49-34-46(62(10,11)12)33-47(35-49)63(13,14)15)65-58(66)42-30-44(60(4,5)6)32-45(31-42)61(7,8)9/h16-39H,1-15H3. The minimum atomic E-state index is -0.0829. The zero-order chi connectivity index (χ0) is 49.4. The Balaban J connectivity index is 1.25. The molecule has 3 heterocycles. The van der Waals surface area contributed by atoms with Crippen LogP contribution in [0.1, 0.15) is 132 Å². The van der Waals surface area contributed by atoms with Gasteiger partial charge in [-0.05, 0) is 102 Å². The maximum Gasteiger partial charge on any atom is 0.273 e. The van der Waals surface area contributed by atoms with Crippen molar-refractivity contribution in [3.63, 3.8) is 0 Å². The molecule has 0 atom stereocenters. The summed E-state index contributed by atoms with van der Waals surface area (Å²) in [7, 11) is 0. The fourth-order valence-corrected chi connectivity index (χ4v) is 9.06. The third-order valence-electron chi connectivity index (χ3n) is 13.4.